The summed E-state index contributed by atoms with van der Waals surface area (Å²) in [4.78, 5) is 26.1. The second-order valence-corrected chi connectivity index (χ2v) is 7.88. The minimum atomic E-state index is -0.196. The van der Waals surface area contributed by atoms with E-state index in [-0.39, 0.29) is 18.1 Å². The van der Waals surface area contributed by atoms with Crippen LogP contribution < -0.4 is 4.74 Å². The number of fused-ring (bicyclic) bond motifs is 2. The highest BCUT2D eigenvalue weighted by Crippen LogP contribution is 2.36. The zero-order valence-corrected chi connectivity index (χ0v) is 16.5. The Morgan fingerprint density at radius 3 is 2.62 bits per heavy atom. The van der Waals surface area contributed by atoms with Crippen molar-refractivity contribution in [3.63, 3.8) is 0 Å². The predicted molar refractivity (Wildman–Crippen MR) is 108 cm³/mol. The van der Waals surface area contributed by atoms with E-state index in [1.165, 1.54) is 5.01 Å². The number of hydrazine groups is 1. The lowest BCUT2D eigenvalue weighted by atomic mass is 9.92. The number of amides is 1. The number of hydrogen-bond donors (Lipinski definition) is 0. The largest absolute Gasteiger partial charge is 0.490 e. The third-order valence-corrected chi connectivity index (χ3v) is 6.18. The van der Waals surface area contributed by atoms with Crippen molar-refractivity contribution in [2.45, 2.75) is 44.8 Å². The smallest absolute Gasteiger partial charge is 0.320 e. The average Bonchev–Trinajstić information content (AvgIpc) is 3.23. The highest BCUT2D eigenvalue weighted by atomic mass is 16.5. The maximum absolute atomic E-state index is 12.7. The van der Waals surface area contributed by atoms with Crippen LogP contribution in [0.5, 0.6) is 5.75 Å². The van der Waals surface area contributed by atoms with E-state index in [1.54, 1.807) is 24.3 Å². The summed E-state index contributed by atoms with van der Waals surface area (Å²) >= 11 is 0. The van der Waals surface area contributed by atoms with Gasteiger partial charge in [0.25, 0.3) is 0 Å². The van der Waals surface area contributed by atoms with Crippen molar-refractivity contribution in [3.05, 3.63) is 58.6 Å². The number of nitrogens with zero attached hydrogens (tertiary/aromatic N) is 4. The first-order valence-corrected chi connectivity index (χ1v) is 10.0. The Labute approximate surface area is 168 Å². The molecule has 3 aromatic rings. The van der Waals surface area contributed by atoms with Gasteiger partial charge >= 0.3 is 11.6 Å². The summed E-state index contributed by atoms with van der Waals surface area (Å²) in [5.41, 5.74) is 3.10. The molecular formula is C22H23N4O3+. The maximum atomic E-state index is 12.7. The molecule has 2 heterocycles. The first-order valence-electron chi connectivity index (χ1n) is 10.0. The van der Waals surface area contributed by atoms with E-state index in [2.05, 4.69) is 12.0 Å². The molecule has 2 aromatic carbocycles. The first-order chi connectivity index (χ1) is 14.0. The van der Waals surface area contributed by atoms with E-state index in [4.69, 9.17) is 4.74 Å². The van der Waals surface area contributed by atoms with Crippen LogP contribution in [0.25, 0.3) is 10.9 Å². The molecule has 148 valence electrons. The number of ether oxygens (including phenoxy) is 1. The van der Waals surface area contributed by atoms with Gasteiger partial charge in [-0.25, -0.2) is 0 Å². The lowest BCUT2D eigenvalue weighted by Crippen LogP contribution is -2.43. The van der Waals surface area contributed by atoms with Gasteiger partial charge in [-0.3, -0.25) is 9.48 Å². The van der Waals surface area contributed by atoms with E-state index < -0.39 is 0 Å². The van der Waals surface area contributed by atoms with Gasteiger partial charge in [0.15, 0.2) is 4.87 Å². The molecule has 1 saturated carbocycles. The molecule has 0 saturated heterocycles. The lowest BCUT2D eigenvalue weighted by Gasteiger charge is -2.30. The zero-order valence-electron chi connectivity index (χ0n) is 16.5. The van der Waals surface area contributed by atoms with Crippen molar-refractivity contribution < 1.29 is 14.4 Å². The maximum Gasteiger partial charge on any atom is 0.320 e. The number of aryl methyl sites for hydroxylation is 2. The Hall–Kier alpha value is -3.22. The molecule has 1 fully saturated rings. The summed E-state index contributed by atoms with van der Waals surface area (Å²) in [5.74, 6) is 0.682. The van der Waals surface area contributed by atoms with Gasteiger partial charge in [0.1, 0.15) is 11.3 Å². The Morgan fingerprint density at radius 1 is 1.10 bits per heavy atom. The molecular weight excluding hydrogens is 368 g/mol. The van der Waals surface area contributed by atoms with Gasteiger partial charge in [-0.2, -0.15) is 5.10 Å². The number of carbonyl (C=O) groups is 1. The quantitative estimate of drug-likeness (QED) is 0.632. The number of para-hydroxylation sites is 1. The molecule has 5 rings (SSSR count). The number of aromatic nitrogens is 2. The van der Waals surface area contributed by atoms with E-state index in [0.717, 1.165) is 52.8 Å². The molecule has 0 unspecified atom stereocenters. The number of hydrogen-bond acceptors (Lipinski definition) is 4. The molecule has 1 aromatic heterocycles. The van der Waals surface area contributed by atoms with Gasteiger partial charge in [-0.15, -0.1) is 0 Å². The molecule has 2 aliphatic rings. The van der Waals surface area contributed by atoms with Gasteiger partial charge in [-0.1, -0.05) is 17.1 Å². The predicted octanol–water partition coefficient (Wildman–Crippen LogP) is 4.05. The summed E-state index contributed by atoms with van der Waals surface area (Å²) in [6.45, 7) is 2.06. The summed E-state index contributed by atoms with van der Waals surface area (Å²) in [5, 5.41) is 6.80. The van der Waals surface area contributed by atoms with Crippen LogP contribution in [0.2, 0.25) is 0 Å². The van der Waals surface area contributed by atoms with Gasteiger partial charge in [0, 0.05) is 24.1 Å². The van der Waals surface area contributed by atoms with E-state index in [9.17, 15) is 9.70 Å². The average molecular weight is 391 g/mol. The van der Waals surface area contributed by atoms with Crippen LogP contribution in [-0.2, 0) is 7.05 Å². The van der Waals surface area contributed by atoms with Crippen LogP contribution in [0.4, 0.5) is 5.69 Å². The molecule has 0 atom stereocenters. The normalized spacial score (nSPS) is 21.7. The topological polar surface area (TPSA) is 67.4 Å². The van der Waals surface area contributed by atoms with Crippen LogP contribution >= 0.6 is 0 Å². The molecule has 0 spiro atoms. The Kier molecular flexibility index (Phi) is 4.12. The molecule has 1 aliphatic carbocycles. The molecule has 7 heteroatoms. The van der Waals surface area contributed by atoms with Crippen molar-refractivity contribution in [3.8, 4) is 5.75 Å². The number of nitroso groups, excluding NO2 is 1. The monoisotopic (exact) mass is 391 g/mol. The van der Waals surface area contributed by atoms with E-state index in [0.29, 0.717) is 11.3 Å². The molecule has 7 nitrogen and oxygen atoms in total. The molecule has 0 bridgehead atoms. The third-order valence-electron chi connectivity index (χ3n) is 6.18. The Balaban J connectivity index is 1.28. The second kappa shape index (κ2) is 6.69. The minimum absolute atomic E-state index is 0.0826. The fourth-order valence-electron chi connectivity index (χ4n) is 4.52. The van der Waals surface area contributed by atoms with Crippen molar-refractivity contribution in [1.29, 1.82) is 0 Å². The highest BCUT2D eigenvalue weighted by Gasteiger charge is 2.49. The zero-order chi connectivity index (χ0) is 20.1. The van der Waals surface area contributed by atoms with Crippen molar-refractivity contribution in [1.82, 2.24) is 14.8 Å². The van der Waals surface area contributed by atoms with Crippen LogP contribution in [0, 0.1) is 11.8 Å². The highest BCUT2D eigenvalue weighted by molar-refractivity contribution is 5.99. The molecule has 29 heavy (non-hydrogen) atoms. The Bertz CT molecular complexity index is 1090. The third kappa shape index (κ3) is 2.80. The van der Waals surface area contributed by atoms with Crippen molar-refractivity contribution >= 4 is 22.5 Å². The second-order valence-electron chi connectivity index (χ2n) is 7.88. The standard InChI is InChI=1S/C22H23N4O3/c1-14-18-13-23-24(2)19(18)11-12-21(14)29-16-9-7-15(8-10-16)25-22(27)17-5-3-4-6-20(17)26(25)28/h3-6,11-13,15-16H,7-10H2,1-2H3/q+1. The minimum Gasteiger partial charge on any atom is -0.490 e. The summed E-state index contributed by atoms with van der Waals surface area (Å²) < 4.78 is 8.16. The summed E-state index contributed by atoms with van der Waals surface area (Å²) in [6.07, 6.45) is 5.06. The SMILES string of the molecule is Cc1c(OC2CCC(N3C(=O)c4ccccc4[N+]3=O)CC2)ccc2c1cnn2C. The first kappa shape index (κ1) is 17.8. The van der Waals surface area contributed by atoms with E-state index in [1.807, 2.05) is 30.1 Å². The molecule has 1 amide bonds. The summed E-state index contributed by atoms with van der Waals surface area (Å²) in [7, 11) is 1.93. The molecule has 0 N–H and O–H groups in total. The van der Waals surface area contributed by atoms with Crippen LogP contribution in [-0.4, -0.2) is 37.7 Å². The number of benzene rings is 2. The fraction of sp³-hybridized carbons (Fsp3) is 0.364. The summed E-state index contributed by atoms with van der Waals surface area (Å²) in [6, 6.07) is 10.9. The fourth-order valence-corrected chi connectivity index (χ4v) is 4.52. The number of rotatable bonds is 3. The van der Waals surface area contributed by atoms with E-state index >= 15 is 0 Å². The molecule has 0 radical (unpaired) electrons. The Morgan fingerprint density at radius 2 is 1.86 bits per heavy atom. The van der Waals surface area contributed by atoms with Crippen LogP contribution in [0.3, 0.4) is 0 Å². The van der Waals surface area contributed by atoms with Gasteiger partial charge < -0.3 is 4.74 Å². The van der Waals surface area contributed by atoms with Gasteiger partial charge in [0.2, 0.25) is 0 Å². The van der Waals surface area contributed by atoms with Crippen LogP contribution in [0.15, 0.2) is 42.6 Å². The van der Waals surface area contributed by atoms with Crippen LogP contribution in [0.1, 0.15) is 41.6 Å². The number of carbonyl (C=O) groups excluding carboxylic acids is 1. The van der Waals surface area contributed by atoms with Gasteiger partial charge in [-0.05, 0) is 50.8 Å². The van der Waals surface area contributed by atoms with Crippen molar-refractivity contribution in [2.75, 3.05) is 0 Å². The molecule has 1 aliphatic heterocycles. The van der Waals surface area contributed by atoms with Gasteiger partial charge in [0.05, 0.1) is 28.8 Å². The van der Waals surface area contributed by atoms with Crippen molar-refractivity contribution in [2.24, 2.45) is 7.05 Å². The lowest BCUT2D eigenvalue weighted by molar-refractivity contribution is -0.620.